The molecule has 0 aliphatic carbocycles. The van der Waals surface area contributed by atoms with E-state index >= 15 is 0 Å². The maximum absolute atomic E-state index is 13.0. The van der Waals surface area contributed by atoms with Gasteiger partial charge in [0, 0.05) is 34.0 Å². The summed E-state index contributed by atoms with van der Waals surface area (Å²) in [4.78, 5) is 29.9. The van der Waals surface area contributed by atoms with Crippen LogP contribution in [-0.4, -0.2) is 36.7 Å². The summed E-state index contributed by atoms with van der Waals surface area (Å²) in [6.45, 7) is 5.53. The first kappa shape index (κ1) is 29.0. The van der Waals surface area contributed by atoms with Gasteiger partial charge in [0.15, 0.2) is 0 Å². The summed E-state index contributed by atoms with van der Waals surface area (Å²) in [6, 6.07) is 22.0. The van der Waals surface area contributed by atoms with Gasteiger partial charge in [-0.15, -0.1) is 24.0 Å². The number of aromatic hydroxyl groups is 1. The molecule has 0 spiro atoms. The summed E-state index contributed by atoms with van der Waals surface area (Å²) >= 11 is 5.45. The Morgan fingerprint density at radius 1 is 1.05 bits per heavy atom. The van der Waals surface area contributed by atoms with Crippen molar-refractivity contribution < 1.29 is 24.2 Å². The van der Waals surface area contributed by atoms with Crippen molar-refractivity contribution >= 4 is 47.2 Å². The van der Waals surface area contributed by atoms with Crippen LogP contribution in [0.25, 0.3) is 11.1 Å². The highest BCUT2D eigenvalue weighted by atomic mass is 32.1. The molecule has 0 fully saturated rings. The minimum Gasteiger partial charge on any atom is -0.508 e. The number of benzene rings is 3. The molecule has 0 bridgehead atoms. The molecular formula is C31H32N2O5S2. The number of carbonyl (C=O) groups excluding carboxylic acids is 2. The fraction of sp³-hybridized carbons (Fsp3) is 0.226. The maximum Gasteiger partial charge on any atom is 0.348 e. The number of nitrogens with one attached hydrogen (secondary N) is 1. The van der Waals surface area contributed by atoms with Gasteiger partial charge in [0.05, 0.1) is 18.5 Å². The molecule has 1 aliphatic rings. The predicted octanol–water partition coefficient (Wildman–Crippen LogP) is 6.94. The average molecular weight is 577 g/mol. The molecule has 4 aromatic rings. The molecule has 3 aromatic carbocycles. The Bertz CT molecular complexity index is 1530. The molecule has 0 atom stereocenters. The van der Waals surface area contributed by atoms with Crippen LogP contribution >= 0.6 is 24.0 Å². The Hall–Kier alpha value is -3.95. The SMILES string of the molecule is COc1cc(O)ccc1-c1ccc2c(c1COC(=O)c1ccc(C)s1)N(C)C(=O)C(C)(C)N2.Sc1ccccc1. The van der Waals surface area contributed by atoms with Gasteiger partial charge >= 0.3 is 5.97 Å². The van der Waals surface area contributed by atoms with E-state index in [-0.39, 0.29) is 18.3 Å². The standard InChI is InChI=1S/C25H26N2O5S.C6H6S/c1-14-6-11-21(33-14)23(29)32-13-18-16(17-8-7-15(28)12-20(17)31-5)9-10-19-22(18)27(4)24(30)25(2,3)26-19;7-6-4-2-1-3-5-6/h6-12,26,28H,13H2,1-5H3;1-5,7H. The fourth-order valence-electron chi connectivity index (χ4n) is 4.51. The van der Waals surface area contributed by atoms with E-state index in [2.05, 4.69) is 17.9 Å². The number of nitrogens with zero attached hydrogens (tertiary/aromatic N) is 1. The lowest BCUT2D eigenvalue weighted by Gasteiger charge is -2.39. The molecule has 2 heterocycles. The Balaban J connectivity index is 0.000000461. The van der Waals surface area contributed by atoms with Crippen LogP contribution < -0.4 is 15.0 Å². The number of hydrogen-bond acceptors (Lipinski definition) is 8. The zero-order chi connectivity index (χ0) is 29.0. The number of phenols is 1. The van der Waals surface area contributed by atoms with E-state index in [4.69, 9.17) is 9.47 Å². The minimum atomic E-state index is -0.776. The number of methoxy groups -OCH3 is 1. The molecule has 208 valence electrons. The molecule has 7 nitrogen and oxygen atoms in total. The molecule has 0 saturated heterocycles. The number of rotatable bonds is 5. The van der Waals surface area contributed by atoms with E-state index in [9.17, 15) is 14.7 Å². The molecule has 2 N–H and O–H groups in total. The fourth-order valence-corrected chi connectivity index (χ4v) is 5.45. The number of amides is 1. The smallest absolute Gasteiger partial charge is 0.348 e. The lowest BCUT2D eigenvalue weighted by atomic mass is 9.92. The van der Waals surface area contributed by atoms with E-state index < -0.39 is 11.5 Å². The Labute approximate surface area is 243 Å². The second-order valence-corrected chi connectivity index (χ2v) is 11.6. The van der Waals surface area contributed by atoms with Crippen molar-refractivity contribution in [1.29, 1.82) is 0 Å². The van der Waals surface area contributed by atoms with Crippen LogP contribution in [0.5, 0.6) is 11.5 Å². The maximum atomic E-state index is 13.0. The molecule has 0 unspecified atom stereocenters. The molecule has 1 aromatic heterocycles. The number of ether oxygens (including phenoxy) is 2. The topological polar surface area (TPSA) is 88.1 Å². The van der Waals surface area contributed by atoms with Gasteiger partial charge in [0.1, 0.15) is 28.5 Å². The summed E-state index contributed by atoms with van der Waals surface area (Å²) in [6.07, 6.45) is 0. The van der Waals surface area contributed by atoms with Gasteiger partial charge in [-0.3, -0.25) is 4.79 Å². The first-order chi connectivity index (χ1) is 19.0. The second-order valence-electron chi connectivity index (χ2n) is 9.81. The number of phenolic OH excluding ortho intramolecular Hbond substituents is 1. The largest absolute Gasteiger partial charge is 0.508 e. The van der Waals surface area contributed by atoms with Crippen molar-refractivity contribution in [2.45, 2.75) is 37.8 Å². The van der Waals surface area contributed by atoms with Gasteiger partial charge in [-0.25, -0.2) is 4.79 Å². The highest BCUT2D eigenvalue weighted by Crippen LogP contribution is 2.44. The number of fused-ring (bicyclic) bond motifs is 1. The van der Waals surface area contributed by atoms with Crippen LogP contribution in [-0.2, 0) is 16.1 Å². The van der Waals surface area contributed by atoms with Gasteiger partial charge in [0.25, 0.3) is 5.91 Å². The first-order valence-corrected chi connectivity index (χ1v) is 13.9. The minimum absolute atomic E-state index is 0.0436. The number of likely N-dealkylation sites (N-methyl/N-ethyl adjacent to an activating group) is 1. The lowest BCUT2D eigenvalue weighted by Crippen LogP contribution is -2.52. The summed E-state index contributed by atoms with van der Waals surface area (Å²) in [7, 11) is 3.24. The van der Waals surface area contributed by atoms with E-state index in [1.54, 1.807) is 30.1 Å². The number of anilines is 2. The van der Waals surface area contributed by atoms with E-state index in [0.29, 0.717) is 27.4 Å². The van der Waals surface area contributed by atoms with Gasteiger partial charge in [0.2, 0.25) is 0 Å². The second kappa shape index (κ2) is 12.1. The number of thiophene rings is 1. The molecule has 9 heteroatoms. The third-order valence-electron chi connectivity index (χ3n) is 6.43. The highest BCUT2D eigenvalue weighted by Gasteiger charge is 2.38. The van der Waals surface area contributed by atoms with Crippen LogP contribution in [0, 0.1) is 6.92 Å². The lowest BCUT2D eigenvalue weighted by molar-refractivity contribution is -0.121. The van der Waals surface area contributed by atoms with Gasteiger partial charge < -0.3 is 24.8 Å². The highest BCUT2D eigenvalue weighted by molar-refractivity contribution is 7.80. The number of esters is 1. The normalized spacial score (nSPS) is 13.4. The van der Waals surface area contributed by atoms with Crippen LogP contribution in [0.15, 0.2) is 77.7 Å². The first-order valence-electron chi connectivity index (χ1n) is 12.6. The number of carbonyl (C=O) groups is 2. The Morgan fingerprint density at radius 3 is 2.35 bits per heavy atom. The van der Waals surface area contributed by atoms with Gasteiger partial charge in [-0.05, 0) is 68.8 Å². The van der Waals surface area contributed by atoms with Crippen LogP contribution in [0.1, 0.15) is 34.0 Å². The van der Waals surface area contributed by atoms with Crippen LogP contribution in [0.4, 0.5) is 11.4 Å². The van der Waals surface area contributed by atoms with Crippen molar-refractivity contribution in [2.75, 3.05) is 24.4 Å². The van der Waals surface area contributed by atoms with Gasteiger partial charge in [-0.1, -0.05) is 24.3 Å². The third kappa shape index (κ3) is 6.26. The quantitative estimate of drug-likeness (QED) is 0.176. The predicted molar refractivity (Wildman–Crippen MR) is 163 cm³/mol. The molecule has 0 radical (unpaired) electrons. The average Bonchev–Trinajstić information content (AvgIpc) is 3.37. The van der Waals surface area contributed by atoms with Crippen LogP contribution in [0.3, 0.4) is 0 Å². The summed E-state index contributed by atoms with van der Waals surface area (Å²) < 4.78 is 11.2. The Morgan fingerprint density at radius 2 is 1.75 bits per heavy atom. The zero-order valence-corrected chi connectivity index (χ0v) is 24.7. The monoisotopic (exact) mass is 576 g/mol. The summed E-state index contributed by atoms with van der Waals surface area (Å²) in [5, 5.41) is 13.2. The Kier molecular flexibility index (Phi) is 8.76. The van der Waals surface area contributed by atoms with E-state index in [1.807, 2.05) is 69.3 Å². The van der Waals surface area contributed by atoms with Crippen LogP contribution in [0.2, 0.25) is 0 Å². The third-order valence-corrected chi connectivity index (χ3v) is 7.70. The van der Waals surface area contributed by atoms with E-state index in [0.717, 1.165) is 21.0 Å². The van der Waals surface area contributed by atoms with E-state index in [1.165, 1.54) is 24.5 Å². The van der Waals surface area contributed by atoms with Gasteiger partial charge in [-0.2, -0.15) is 0 Å². The summed E-state index contributed by atoms with van der Waals surface area (Å²) in [5.74, 6) is 0.0125. The molecule has 5 rings (SSSR count). The zero-order valence-electron chi connectivity index (χ0n) is 23.0. The molecule has 1 amide bonds. The molecule has 1 aliphatic heterocycles. The van der Waals surface area contributed by atoms with Crippen molar-refractivity contribution in [3.8, 4) is 22.6 Å². The van der Waals surface area contributed by atoms with Crippen molar-refractivity contribution in [3.63, 3.8) is 0 Å². The number of hydrogen-bond donors (Lipinski definition) is 3. The summed E-state index contributed by atoms with van der Waals surface area (Å²) in [5.41, 5.74) is 2.74. The van der Waals surface area contributed by atoms with Crippen molar-refractivity contribution in [3.05, 3.63) is 88.1 Å². The van der Waals surface area contributed by atoms with Crippen molar-refractivity contribution in [1.82, 2.24) is 0 Å². The number of aryl methyl sites for hydroxylation is 1. The molecule has 40 heavy (non-hydrogen) atoms. The number of thiol groups is 1. The molecular weight excluding hydrogens is 544 g/mol. The van der Waals surface area contributed by atoms with Crippen molar-refractivity contribution in [2.24, 2.45) is 0 Å². The molecule has 0 saturated carbocycles.